The van der Waals surface area contributed by atoms with Crippen molar-refractivity contribution < 1.29 is 4.79 Å². The van der Waals surface area contributed by atoms with Gasteiger partial charge in [-0.05, 0) is 48.6 Å². The summed E-state index contributed by atoms with van der Waals surface area (Å²) >= 11 is 10.9. The number of rotatable bonds is 2. The maximum Gasteiger partial charge on any atom is 0.305 e. The van der Waals surface area contributed by atoms with Crippen molar-refractivity contribution in [1.29, 1.82) is 0 Å². The molecule has 2 aromatic carbocycles. The summed E-state index contributed by atoms with van der Waals surface area (Å²) in [6, 6.07) is 13.6. The zero-order chi connectivity index (χ0) is 17.8. The van der Waals surface area contributed by atoms with E-state index in [0.29, 0.717) is 21.6 Å². The molecule has 7 nitrogen and oxygen atoms in total. The minimum absolute atomic E-state index is 0.120. The smallest absolute Gasteiger partial charge is 0.305 e. The molecule has 0 aliphatic rings. The highest BCUT2D eigenvalue weighted by atomic mass is 35.5. The van der Waals surface area contributed by atoms with E-state index in [9.17, 15) is 9.59 Å². The third kappa shape index (κ3) is 4.11. The first-order valence-electron chi connectivity index (χ1n) is 7.15. The lowest BCUT2D eigenvalue weighted by Gasteiger charge is -2.11. The average Bonchev–Trinajstić information content (AvgIpc) is 2.61. The summed E-state index contributed by atoms with van der Waals surface area (Å²) in [5.74, 6) is -0.742. The van der Waals surface area contributed by atoms with Gasteiger partial charge in [0.15, 0.2) is 5.11 Å². The van der Waals surface area contributed by atoms with Crippen molar-refractivity contribution in [2.24, 2.45) is 0 Å². The molecule has 0 unspecified atom stereocenters. The molecule has 0 bridgehead atoms. The Morgan fingerprint density at radius 1 is 1.08 bits per heavy atom. The van der Waals surface area contributed by atoms with Gasteiger partial charge < -0.3 is 10.3 Å². The summed E-state index contributed by atoms with van der Waals surface area (Å²) in [4.78, 5) is 30.7. The van der Waals surface area contributed by atoms with Crippen molar-refractivity contribution in [3.63, 3.8) is 0 Å². The lowest BCUT2D eigenvalue weighted by molar-refractivity contribution is 0.0934. The first-order chi connectivity index (χ1) is 12.0. The van der Waals surface area contributed by atoms with E-state index in [2.05, 4.69) is 26.1 Å². The molecule has 0 saturated heterocycles. The summed E-state index contributed by atoms with van der Waals surface area (Å²) in [7, 11) is 0. The fourth-order valence-electron chi connectivity index (χ4n) is 2.06. The summed E-state index contributed by atoms with van der Waals surface area (Å²) in [5, 5.41) is 4.05. The van der Waals surface area contributed by atoms with Gasteiger partial charge in [-0.3, -0.25) is 20.4 Å². The van der Waals surface area contributed by atoms with Crippen molar-refractivity contribution in [3.8, 4) is 0 Å². The molecule has 0 aliphatic carbocycles. The van der Waals surface area contributed by atoms with Crippen LogP contribution in [0.1, 0.15) is 10.6 Å². The van der Waals surface area contributed by atoms with E-state index in [1.165, 1.54) is 0 Å². The number of halogens is 1. The second-order valence-corrected chi connectivity index (χ2v) is 5.82. The van der Waals surface area contributed by atoms with Crippen LogP contribution in [0.25, 0.3) is 10.9 Å². The summed E-state index contributed by atoms with van der Waals surface area (Å²) < 4.78 is 0. The standard InChI is InChI=1S/C16H12ClN5O2S/c17-9-5-7-10(8-6-9)18-16(25)22-21-15(24)13-19-12-4-2-1-3-11(12)14(23)20-13/h1-8H,(H,21,24)(H2,18,22,25)(H,19,20,23). The van der Waals surface area contributed by atoms with Gasteiger partial charge in [0.05, 0.1) is 10.9 Å². The number of hydrogen-bond donors (Lipinski definition) is 4. The lowest BCUT2D eigenvalue weighted by atomic mass is 10.2. The fourth-order valence-corrected chi connectivity index (χ4v) is 2.36. The Hall–Kier alpha value is -2.97. The SMILES string of the molecule is O=C(NNC(=S)Nc1ccc(Cl)cc1)c1nc2ccccc2c(=O)[nH]1. The summed E-state index contributed by atoms with van der Waals surface area (Å²) in [6.45, 7) is 0. The van der Waals surface area contributed by atoms with Crippen LogP contribution in [0.5, 0.6) is 0 Å². The number of hydrogen-bond acceptors (Lipinski definition) is 4. The van der Waals surface area contributed by atoms with Crippen molar-refractivity contribution >= 4 is 51.4 Å². The number of H-pyrrole nitrogens is 1. The highest BCUT2D eigenvalue weighted by Gasteiger charge is 2.11. The Labute approximate surface area is 152 Å². The van der Waals surface area contributed by atoms with Crippen molar-refractivity contribution in [2.75, 3.05) is 5.32 Å². The molecule has 0 atom stereocenters. The van der Waals surface area contributed by atoms with E-state index in [-0.39, 0.29) is 10.9 Å². The van der Waals surface area contributed by atoms with Crippen LogP contribution in [0.15, 0.2) is 53.3 Å². The second kappa shape index (κ2) is 7.29. The Bertz CT molecular complexity index is 1000. The van der Waals surface area contributed by atoms with Gasteiger partial charge in [0.25, 0.3) is 5.56 Å². The van der Waals surface area contributed by atoms with E-state index < -0.39 is 11.5 Å². The van der Waals surface area contributed by atoms with Crippen molar-refractivity contribution in [3.05, 3.63) is 69.7 Å². The Morgan fingerprint density at radius 2 is 1.80 bits per heavy atom. The van der Waals surface area contributed by atoms with Gasteiger partial charge in [0.1, 0.15) is 0 Å². The van der Waals surface area contributed by atoms with E-state index in [1.807, 2.05) is 0 Å². The van der Waals surface area contributed by atoms with E-state index in [4.69, 9.17) is 23.8 Å². The number of aromatic nitrogens is 2. The molecule has 0 spiro atoms. The second-order valence-electron chi connectivity index (χ2n) is 4.97. The average molecular weight is 374 g/mol. The molecule has 1 heterocycles. The zero-order valence-corrected chi connectivity index (χ0v) is 14.2. The largest absolute Gasteiger partial charge is 0.331 e. The van der Waals surface area contributed by atoms with Crippen molar-refractivity contribution in [1.82, 2.24) is 20.8 Å². The number of carbonyl (C=O) groups is 1. The Balaban J connectivity index is 1.65. The summed E-state index contributed by atoms with van der Waals surface area (Å²) in [6.07, 6.45) is 0. The number of hydrazine groups is 1. The molecule has 4 N–H and O–H groups in total. The fraction of sp³-hybridized carbons (Fsp3) is 0. The number of carbonyl (C=O) groups excluding carboxylic acids is 1. The summed E-state index contributed by atoms with van der Waals surface area (Å²) in [5.41, 5.74) is 5.65. The van der Waals surface area contributed by atoms with Crippen LogP contribution < -0.4 is 21.7 Å². The van der Waals surface area contributed by atoms with Gasteiger partial charge in [0.2, 0.25) is 5.82 Å². The number of amides is 1. The van der Waals surface area contributed by atoms with Crippen LogP contribution in [0.3, 0.4) is 0 Å². The Morgan fingerprint density at radius 3 is 2.56 bits per heavy atom. The lowest BCUT2D eigenvalue weighted by Crippen LogP contribution is -2.44. The number of nitrogens with zero attached hydrogens (tertiary/aromatic N) is 1. The van der Waals surface area contributed by atoms with Crippen LogP contribution in [0, 0.1) is 0 Å². The van der Waals surface area contributed by atoms with Crippen LogP contribution in [0.4, 0.5) is 5.69 Å². The highest BCUT2D eigenvalue weighted by molar-refractivity contribution is 7.80. The predicted octanol–water partition coefficient (Wildman–Crippen LogP) is 2.21. The molecule has 25 heavy (non-hydrogen) atoms. The number of benzene rings is 2. The minimum Gasteiger partial charge on any atom is -0.331 e. The van der Waals surface area contributed by atoms with Gasteiger partial charge in [0, 0.05) is 10.7 Å². The molecule has 0 fully saturated rings. The molecule has 9 heteroatoms. The molecule has 126 valence electrons. The molecule has 3 rings (SSSR count). The van der Waals surface area contributed by atoms with E-state index in [0.717, 1.165) is 0 Å². The number of thiocarbonyl (C=S) groups is 1. The van der Waals surface area contributed by atoms with Crippen LogP contribution in [-0.4, -0.2) is 21.0 Å². The molecule has 0 aliphatic heterocycles. The van der Waals surface area contributed by atoms with Gasteiger partial charge in [-0.15, -0.1) is 0 Å². The molecule has 0 saturated carbocycles. The van der Waals surface area contributed by atoms with Crippen LogP contribution in [0.2, 0.25) is 5.02 Å². The molecule has 3 aromatic rings. The number of anilines is 1. The molecule has 0 radical (unpaired) electrons. The maximum absolute atomic E-state index is 12.1. The normalized spacial score (nSPS) is 10.3. The molecule has 1 amide bonds. The van der Waals surface area contributed by atoms with E-state index in [1.54, 1.807) is 48.5 Å². The molecular weight excluding hydrogens is 362 g/mol. The number of aromatic amines is 1. The third-order valence-electron chi connectivity index (χ3n) is 3.22. The molecule has 1 aromatic heterocycles. The van der Waals surface area contributed by atoms with Gasteiger partial charge >= 0.3 is 5.91 Å². The maximum atomic E-state index is 12.1. The topological polar surface area (TPSA) is 98.9 Å². The number of fused-ring (bicyclic) bond motifs is 1. The van der Waals surface area contributed by atoms with Crippen LogP contribution in [-0.2, 0) is 0 Å². The van der Waals surface area contributed by atoms with Crippen LogP contribution >= 0.6 is 23.8 Å². The Kier molecular flexibility index (Phi) is 4.92. The van der Waals surface area contributed by atoms with E-state index >= 15 is 0 Å². The van der Waals surface area contributed by atoms with Gasteiger partial charge in [-0.25, -0.2) is 4.98 Å². The first-order valence-corrected chi connectivity index (χ1v) is 7.93. The third-order valence-corrected chi connectivity index (χ3v) is 3.68. The number of para-hydroxylation sites is 1. The van der Waals surface area contributed by atoms with Gasteiger partial charge in [-0.1, -0.05) is 23.7 Å². The molecular formula is C16H12ClN5O2S. The highest BCUT2D eigenvalue weighted by Crippen LogP contribution is 2.13. The van der Waals surface area contributed by atoms with Gasteiger partial charge in [-0.2, -0.15) is 0 Å². The zero-order valence-electron chi connectivity index (χ0n) is 12.7. The number of nitrogens with one attached hydrogen (secondary N) is 4. The van der Waals surface area contributed by atoms with Crippen molar-refractivity contribution in [2.45, 2.75) is 0 Å². The monoisotopic (exact) mass is 373 g/mol. The quantitative estimate of drug-likeness (QED) is 0.406. The minimum atomic E-state index is -0.622. The first kappa shape index (κ1) is 16.9. The predicted molar refractivity (Wildman–Crippen MR) is 101 cm³/mol.